The number of methoxy groups -OCH3 is 2. The predicted molar refractivity (Wildman–Crippen MR) is 122 cm³/mol. The predicted octanol–water partition coefficient (Wildman–Crippen LogP) is 3.50. The summed E-state index contributed by atoms with van der Waals surface area (Å²) in [6.07, 6.45) is 0. The second-order valence-electron chi connectivity index (χ2n) is 8.15. The van der Waals surface area contributed by atoms with Crippen molar-refractivity contribution in [2.45, 2.75) is 19.9 Å². The van der Waals surface area contributed by atoms with Crippen LogP contribution in [0.3, 0.4) is 0 Å². The number of aromatic hydroxyl groups is 1. The third-order valence-electron chi connectivity index (χ3n) is 5.31. The second kappa shape index (κ2) is 10.4. The van der Waals surface area contributed by atoms with Gasteiger partial charge in [-0.3, -0.25) is 9.59 Å². The van der Waals surface area contributed by atoms with Crippen LogP contribution in [0.2, 0.25) is 0 Å². The molecule has 0 aliphatic carbocycles. The molecular weight excluding hydrogens is 426 g/mol. The van der Waals surface area contributed by atoms with Gasteiger partial charge in [-0.25, -0.2) is 0 Å². The van der Waals surface area contributed by atoms with Crippen molar-refractivity contribution in [2.24, 2.45) is 5.92 Å². The minimum Gasteiger partial charge on any atom is -0.507 e. The van der Waals surface area contributed by atoms with Crippen LogP contribution in [0, 0.1) is 5.92 Å². The topological polar surface area (TPSA) is 106 Å². The monoisotopic (exact) mass is 455 g/mol. The van der Waals surface area contributed by atoms with Gasteiger partial charge in [0.25, 0.3) is 11.7 Å². The van der Waals surface area contributed by atoms with Crippen LogP contribution in [-0.2, 0) is 14.3 Å². The number of hydrogen-bond acceptors (Lipinski definition) is 7. The van der Waals surface area contributed by atoms with Crippen molar-refractivity contribution in [3.63, 3.8) is 0 Å². The molecule has 0 saturated carbocycles. The van der Waals surface area contributed by atoms with Crippen LogP contribution in [0.5, 0.6) is 17.2 Å². The smallest absolute Gasteiger partial charge is 0.295 e. The van der Waals surface area contributed by atoms with Gasteiger partial charge >= 0.3 is 0 Å². The molecule has 8 heteroatoms. The van der Waals surface area contributed by atoms with Gasteiger partial charge in [-0.1, -0.05) is 19.9 Å². The van der Waals surface area contributed by atoms with Crippen molar-refractivity contribution in [3.05, 3.63) is 59.2 Å². The summed E-state index contributed by atoms with van der Waals surface area (Å²) in [5, 5.41) is 21.1. The van der Waals surface area contributed by atoms with E-state index < -0.39 is 17.7 Å². The lowest BCUT2D eigenvalue weighted by Gasteiger charge is -2.25. The summed E-state index contributed by atoms with van der Waals surface area (Å²) in [5.74, 6) is -0.698. The normalized spacial score (nSPS) is 17.6. The van der Waals surface area contributed by atoms with Gasteiger partial charge in [0.1, 0.15) is 11.5 Å². The lowest BCUT2D eigenvalue weighted by Crippen LogP contribution is -2.32. The molecule has 33 heavy (non-hydrogen) atoms. The first kappa shape index (κ1) is 24.1. The maximum Gasteiger partial charge on any atom is 0.295 e. The summed E-state index contributed by atoms with van der Waals surface area (Å²) in [6, 6.07) is 10.4. The first-order valence-corrected chi connectivity index (χ1v) is 10.7. The average molecular weight is 456 g/mol. The zero-order valence-corrected chi connectivity index (χ0v) is 19.2. The highest BCUT2D eigenvalue weighted by Crippen LogP contribution is 2.41. The van der Waals surface area contributed by atoms with E-state index in [0.717, 1.165) is 0 Å². The molecule has 0 aromatic heterocycles. The third kappa shape index (κ3) is 5.12. The maximum absolute atomic E-state index is 13.0. The third-order valence-corrected chi connectivity index (χ3v) is 5.31. The molecule has 2 aromatic carbocycles. The summed E-state index contributed by atoms with van der Waals surface area (Å²) in [4.78, 5) is 27.2. The van der Waals surface area contributed by atoms with Gasteiger partial charge in [0, 0.05) is 19.2 Å². The van der Waals surface area contributed by atoms with Crippen molar-refractivity contribution in [2.75, 3.05) is 34.0 Å². The van der Waals surface area contributed by atoms with E-state index in [-0.39, 0.29) is 36.0 Å². The molecule has 0 unspecified atom stereocenters. The first-order chi connectivity index (χ1) is 15.8. The van der Waals surface area contributed by atoms with Gasteiger partial charge in [0.2, 0.25) is 0 Å². The Hall–Kier alpha value is -3.52. The molecule has 2 N–H and O–H groups in total. The SMILES string of the molecule is COCCN1C(=O)C(=O)C(=C(O)c2ccc(OCC(C)C)cc2)[C@@H]1c1ccc(O)c(OC)c1. The molecule has 0 bridgehead atoms. The van der Waals surface area contributed by atoms with Crippen LogP contribution in [-0.4, -0.2) is 60.8 Å². The van der Waals surface area contributed by atoms with Crippen molar-refractivity contribution in [3.8, 4) is 17.2 Å². The van der Waals surface area contributed by atoms with Crippen molar-refractivity contribution in [1.82, 2.24) is 4.90 Å². The number of rotatable bonds is 9. The highest BCUT2D eigenvalue weighted by atomic mass is 16.5. The Labute approximate surface area is 193 Å². The molecule has 1 atom stereocenters. The van der Waals surface area contributed by atoms with E-state index in [1.807, 2.05) is 13.8 Å². The van der Waals surface area contributed by atoms with Crippen molar-refractivity contribution >= 4 is 17.4 Å². The number of ether oxygens (including phenoxy) is 3. The molecule has 3 rings (SSSR count). The Balaban J connectivity index is 2.07. The number of likely N-dealkylation sites (tertiary alicyclic amines) is 1. The van der Waals surface area contributed by atoms with Gasteiger partial charge in [-0.15, -0.1) is 0 Å². The fourth-order valence-electron chi connectivity index (χ4n) is 3.64. The fourth-order valence-corrected chi connectivity index (χ4v) is 3.64. The van der Waals surface area contributed by atoms with Crippen molar-refractivity contribution < 1.29 is 34.0 Å². The van der Waals surface area contributed by atoms with Gasteiger partial charge in [0.05, 0.1) is 31.9 Å². The Morgan fingerprint density at radius 3 is 2.39 bits per heavy atom. The summed E-state index contributed by atoms with van der Waals surface area (Å²) in [5.41, 5.74) is 0.852. The highest BCUT2D eigenvalue weighted by Gasteiger charge is 2.46. The number of carbonyl (C=O) groups is 2. The van der Waals surface area contributed by atoms with E-state index in [1.165, 1.54) is 25.2 Å². The van der Waals surface area contributed by atoms with E-state index in [2.05, 4.69) is 0 Å². The summed E-state index contributed by atoms with van der Waals surface area (Å²) in [7, 11) is 2.90. The maximum atomic E-state index is 13.0. The van der Waals surface area contributed by atoms with Crippen LogP contribution in [0.15, 0.2) is 48.0 Å². The van der Waals surface area contributed by atoms with Gasteiger partial charge in [-0.05, 0) is 47.9 Å². The van der Waals surface area contributed by atoms with Gasteiger partial charge in [0.15, 0.2) is 11.5 Å². The van der Waals surface area contributed by atoms with E-state index in [4.69, 9.17) is 14.2 Å². The molecule has 1 saturated heterocycles. The molecule has 1 heterocycles. The number of benzene rings is 2. The number of nitrogens with zero attached hydrogens (tertiary/aromatic N) is 1. The molecule has 1 fully saturated rings. The van der Waals surface area contributed by atoms with Crippen LogP contribution in [0.4, 0.5) is 0 Å². The van der Waals surface area contributed by atoms with Gasteiger partial charge < -0.3 is 29.3 Å². The number of aliphatic hydroxyl groups is 1. The quantitative estimate of drug-likeness (QED) is 0.339. The Morgan fingerprint density at radius 1 is 1.09 bits per heavy atom. The Kier molecular flexibility index (Phi) is 7.60. The molecule has 8 nitrogen and oxygen atoms in total. The molecule has 0 spiro atoms. The summed E-state index contributed by atoms with van der Waals surface area (Å²) >= 11 is 0. The number of hydrogen-bond donors (Lipinski definition) is 2. The van der Waals surface area contributed by atoms with E-state index >= 15 is 0 Å². The lowest BCUT2D eigenvalue weighted by atomic mass is 9.95. The number of ketones is 1. The molecule has 2 aromatic rings. The second-order valence-corrected chi connectivity index (χ2v) is 8.15. The van der Waals surface area contributed by atoms with Crippen LogP contribution in [0.1, 0.15) is 31.0 Å². The number of amides is 1. The first-order valence-electron chi connectivity index (χ1n) is 10.7. The Bertz CT molecular complexity index is 1040. The van der Waals surface area contributed by atoms with Crippen LogP contribution < -0.4 is 9.47 Å². The number of carbonyl (C=O) groups excluding carboxylic acids is 2. The molecule has 1 aliphatic heterocycles. The van der Waals surface area contributed by atoms with Crippen molar-refractivity contribution in [1.29, 1.82) is 0 Å². The number of Topliss-reactive ketones (excluding diaryl/α,β-unsaturated/α-hetero) is 1. The largest absolute Gasteiger partial charge is 0.507 e. The highest BCUT2D eigenvalue weighted by molar-refractivity contribution is 6.46. The summed E-state index contributed by atoms with van der Waals surface area (Å²) in [6.45, 7) is 5.00. The molecular formula is C25H29NO7. The van der Waals surface area contributed by atoms with E-state index in [9.17, 15) is 19.8 Å². The molecule has 176 valence electrons. The molecule has 1 amide bonds. The number of phenolic OH excluding ortho intramolecular Hbond substituents is 1. The average Bonchev–Trinajstić information content (AvgIpc) is 3.06. The Morgan fingerprint density at radius 2 is 1.79 bits per heavy atom. The fraction of sp³-hybridized carbons (Fsp3) is 0.360. The molecule has 0 radical (unpaired) electrons. The standard InChI is InChI=1S/C25H29NO7/c1-15(2)14-33-18-8-5-16(6-9-18)23(28)21-22(17-7-10-19(27)20(13-17)32-4)26(11-12-31-3)25(30)24(21)29/h5-10,13,15,22,27-28H,11-12,14H2,1-4H3/t22-/m0/s1. The van der Waals surface area contributed by atoms with Gasteiger partial charge in [-0.2, -0.15) is 0 Å². The number of aliphatic hydroxyl groups excluding tert-OH is 1. The lowest BCUT2D eigenvalue weighted by molar-refractivity contribution is -0.140. The zero-order chi connectivity index (χ0) is 24.1. The van der Waals surface area contributed by atoms with E-state index in [0.29, 0.717) is 29.4 Å². The van der Waals surface area contributed by atoms with E-state index in [1.54, 1.807) is 36.4 Å². The number of phenols is 1. The minimum absolute atomic E-state index is 0.0419. The minimum atomic E-state index is -0.869. The summed E-state index contributed by atoms with van der Waals surface area (Å²) < 4.78 is 16.0. The molecule has 1 aliphatic rings. The zero-order valence-electron chi connectivity index (χ0n) is 19.2. The van der Waals surface area contributed by atoms with Crippen LogP contribution >= 0.6 is 0 Å². The van der Waals surface area contributed by atoms with Crippen LogP contribution in [0.25, 0.3) is 5.76 Å².